The van der Waals surface area contributed by atoms with Crippen LogP contribution in [0.2, 0.25) is 0 Å². The first-order chi connectivity index (χ1) is 17.4. The summed E-state index contributed by atoms with van der Waals surface area (Å²) in [6.07, 6.45) is 3.97. The van der Waals surface area contributed by atoms with Gasteiger partial charge in [0, 0.05) is 41.8 Å². The largest absolute Gasteiger partial charge is 0.496 e. The van der Waals surface area contributed by atoms with Gasteiger partial charge in [-0.15, -0.1) is 0 Å². The molecule has 0 atom stereocenters. The monoisotopic (exact) mass is 489 g/mol. The fraction of sp³-hybridized carbons (Fsp3) is 0.385. The Kier molecular flexibility index (Phi) is 6.36. The molecule has 1 aromatic carbocycles. The highest BCUT2D eigenvalue weighted by Gasteiger charge is 2.26. The van der Waals surface area contributed by atoms with E-state index >= 15 is 0 Å². The third kappa shape index (κ3) is 4.51. The Balaban J connectivity index is 1.63. The van der Waals surface area contributed by atoms with Crippen LogP contribution >= 0.6 is 0 Å². The number of nitrogens with one attached hydrogen (secondary N) is 4. The van der Waals surface area contributed by atoms with Crippen molar-refractivity contribution in [2.75, 3.05) is 32.7 Å². The van der Waals surface area contributed by atoms with Gasteiger partial charge < -0.3 is 35.0 Å². The second-order valence-electron chi connectivity index (χ2n) is 9.10. The first-order valence-corrected chi connectivity index (χ1v) is 12.0. The van der Waals surface area contributed by atoms with E-state index in [4.69, 9.17) is 24.4 Å². The number of nitrogens with zero attached hydrogens (tertiary/aromatic N) is 3. The van der Waals surface area contributed by atoms with Crippen LogP contribution in [0.5, 0.6) is 5.75 Å². The minimum absolute atomic E-state index is 0.332. The molecule has 10 nitrogen and oxygen atoms in total. The number of aryl methyl sites for hydroxylation is 3. The van der Waals surface area contributed by atoms with Gasteiger partial charge in [-0.1, -0.05) is 5.16 Å². The standard InChI is InChI=1S/C26H31N7O3/c1-13-23(14(2)36-33-13)18-10-20-17(11-21(18)35-5)24-25(31-20)29-15(3)30-26(24)32-22(28-8-9-34-4)12-19(27)16-6-7-16/h10-12,16,27-28H,6-9H2,1-5H3,(H2,29,30,31,32)/b22-12+,27-19?. The molecule has 0 saturated heterocycles. The molecule has 0 spiro atoms. The number of hydrogen-bond acceptors (Lipinski definition) is 9. The Morgan fingerprint density at radius 1 is 1.22 bits per heavy atom. The van der Waals surface area contributed by atoms with Crippen molar-refractivity contribution in [3.05, 3.63) is 41.3 Å². The van der Waals surface area contributed by atoms with E-state index in [1.807, 2.05) is 39.0 Å². The summed E-state index contributed by atoms with van der Waals surface area (Å²) < 4.78 is 16.4. The average Bonchev–Trinajstić information content (AvgIpc) is 3.56. The predicted octanol–water partition coefficient (Wildman–Crippen LogP) is 4.62. The van der Waals surface area contributed by atoms with E-state index in [0.717, 1.165) is 51.7 Å². The molecule has 0 bridgehead atoms. The Labute approximate surface area is 209 Å². The zero-order valence-electron chi connectivity index (χ0n) is 21.2. The fourth-order valence-electron chi connectivity index (χ4n) is 4.47. The highest BCUT2D eigenvalue weighted by atomic mass is 16.5. The lowest BCUT2D eigenvalue weighted by Crippen LogP contribution is -2.25. The summed E-state index contributed by atoms with van der Waals surface area (Å²) in [6.45, 7) is 6.82. The van der Waals surface area contributed by atoms with Crippen molar-refractivity contribution >= 4 is 33.5 Å². The second kappa shape index (κ2) is 9.62. The molecule has 5 rings (SSSR count). The molecule has 1 aliphatic rings. The van der Waals surface area contributed by atoms with Crippen LogP contribution in [0.3, 0.4) is 0 Å². The van der Waals surface area contributed by atoms with Crippen LogP contribution in [0.15, 0.2) is 28.6 Å². The zero-order valence-corrected chi connectivity index (χ0v) is 21.2. The van der Waals surface area contributed by atoms with Crippen molar-refractivity contribution in [1.29, 1.82) is 5.41 Å². The molecule has 10 heteroatoms. The van der Waals surface area contributed by atoms with Crippen LogP contribution in [-0.4, -0.2) is 53.2 Å². The summed E-state index contributed by atoms with van der Waals surface area (Å²) in [5, 5.41) is 21.1. The number of anilines is 1. The van der Waals surface area contributed by atoms with Crippen LogP contribution < -0.4 is 15.4 Å². The molecule has 188 valence electrons. The molecule has 1 fully saturated rings. The number of rotatable bonds is 10. The molecule has 4 N–H and O–H groups in total. The van der Waals surface area contributed by atoms with Crippen molar-refractivity contribution < 1.29 is 14.0 Å². The second-order valence-corrected chi connectivity index (χ2v) is 9.10. The molecule has 4 aromatic rings. The van der Waals surface area contributed by atoms with E-state index in [-0.39, 0.29) is 0 Å². The van der Waals surface area contributed by atoms with Crippen molar-refractivity contribution in [2.45, 2.75) is 33.6 Å². The molecule has 1 saturated carbocycles. The number of benzene rings is 1. The van der Waals surface area contributed by atoms with Gasteiger partial charge >= 0.3 is 0 Å². The molecular formula is C26H31N7O3. The summed E-state index contributed by atoms with van der Waals surface area (Å²) in [4.78, 5) is 12.8. The molecule has 3 heterocycles. The maximum atomic E-state index is 8.41. The molecule has 0 amide bonds. The van der Waals surface area contributed by atoms with Gasteiger partial charge in [-0.25, -0.2) is 9.97 Å². The van der Waals surface area contributed by atoms with Gasteiger partial charge in [0.05, 0.1) is 30.4 Å². The van der Waals surface area contributed by atoms with E-state index in [1.54, 1.807) is 14.2 Å². The Morgan fingerprint density at radius 3 is 2.69 bits per heavy atom. The SMILES string of the molecule is COCCN/C(=C\C(=N)C1CC1)Nc1nc(C)nc2[nH]c3cc(-c4c(C)noc4C)c(OC)cc3c12. The smallest absolute Gasteiger partial charge is 0.145 e. The van der Waals surface area contributed by atoms with Gasteiger partial charge in [-0.05, 0) is 51.8 Å². The van der Waals surface area contributed by atoms with Crippen molar-refractivity contribution in [3.8, 4) is 16.9 Å². The van der Waals surface area contributed by atoms with Gasteiger partial charge in [0.1, 0.15) is 34.6 Å². The summed E-state index contributed by atoms with van der Waals surface area (Å²) in [5.41, 5.74) is 4.83. The Bertz CT molecular complexity index is 1460. The number of aromatic amines is 1. The highest BCUT2D eigenvalue weighted by molar-refractivity contribution is 6.13. The van der Waals surface area contributed by atoms with Crippen molar-refractivity contribution in [2.24, 2.45) is 5.92 Å². The van der Waals surface area contributed by atoms with Gasteiger partial charge in [0.2, 0.25) is 0 Å². The van der Waals surface area contributed by atoms with Crippen LogP contribution in [0, 0.1) is 32.1 Å². The zero-order chi connectivity index (χ0) is 25.4. The first-order valence-electron chi connectivity index (χ1n) is 12.0. The third-order valence-corrected chi connectivity index (χ3v) is 6.38. The van der Waals surface area contributed by atoms with Crippen LogP contribution in [0.1, 0.15) is 30.1 Å². The molecular weight excluding hydrogens is 458 g/mol. The highest BCUT2D eigenvalue weighted by Crippen LogP contribution is 2.40. The third-order valence-electron chi connectivity index (χ3n) is 6.38. The number of H-pyrrole nitrogens is 1. The minimum atomic E-state index is 0.332. The summed E-state index contributed by atoms with van der Waals surface area (Å²) in [5.74, 6) is 3.75. The summed E-state index contributed by atoms with van der Waals surface area (Å²) in [7, 11) is 3.32. The van der Waals surface area contributed by atoms with E-state index < -0.39 is 0 Å². The quantitative estimate of drug-likeness (QED) is 0.187. The maximum absolute atomic E-state index is 8.41. The number of aromatic nitrogens is 4. The van der Waals surface area contributed by atoms with Crippen molar-refractivity contribution in [3.63, 3.8) is 0 Å². The summed E-state index contributed by atoms with van der Waals surface area (Å²) in [6, 6.07) is 4.03. The number of ether oxygens (including phenoxy) is 2. The van der Waals surface area contributed by atoms with Gasteiger partial charge in [0.25, 0.3) is 0 Å². The van der Waals surface area contributed by atoms with E-state index in [2.05, 4.69) is 25.8 Å². The van der Waals surface area contributed by atoms with E-state index in [0.29, 0.717) is 53.6 Å². The van der Waals surface area contributed by atoms with Gasteiger partial charge in [0.15, 0.2) is 0 Å². The molecule has 36 heavy (non-hydrogen) atoms. The molecule has 0 aliphatic heterocycles. The Morgan fingerprint density at radius 2 is 2.03 bits per heavy atom. The topological polar surface area (TPSA) is 134 Å². The number of allylic oxidation sites excluding steroid dienone is 1. The number of methoxy groups -OCH3 is 2. The average molecular weight is 490 g/mol. The molecule has 1 aliphatic carbocycles. The van der Waals surface area contributed by atoms with Crippen molar-refractivity contribution in [1.82, 2.24) is 25.4 Å². The van der Waals surface area contributed by atoms with E-state index in [9.17, 15) is 0 Å². The lowest BCUT2D eigenvalue weighted by Gasteiger charge is -2.15. The first kappa shape index (κ1) is 23.8. The van der Waals surface area contributed by atoms with Gasteiger partial charge in [-0.2, -0.15) is 0 Å². The lowest BCUT2D eigenvalue weighted by molar-refractivity contribution is 0.202. The number of fused-ring (bicyclic) bond motifs is 3. The van der Waals surface area contributed by atoms with Crippen LogP contribution in [-0.2, 0) is 4.74 Å². The lowest BCUT2D eigenvalue weighted by atomic mass is 10.0. The van der Waals surface area contributed by atoms with Gasteiger partial charge in [-0.3, -0.25) is 0 Å². The Hall–Kier alpha value is -3.92. The fourth-order valence-corrected chi connectivity index (χ4v) is 4.47. The van der Waals surface area contributed by atoms with Crippen LogP contribution in [0.25, 0.3) is 33.1 Å². The molecule has 3 aromatic heterocycles. The number of hydrogen-bond donors (Lipinski definition) is 4. The minimum Gasteiger partial charge on any atom is -0.496 e. The normalized spacial score (nSPS) is 14.0. The van der Waals surface area contributed by atoms with E-state index in [1.165, 1.54) is 0 Å². The molecule has 0 unspecified atom stereocenters. The van der Waals surface area contributed by atoms with Crippen LogP contribution in [0.4, 0.5) is 5.82 Å². The molecule has 0 radical (unpaired) electrons. The predicted molar refractivity (Wildman–Crippen MR) is 140 cm³/mol. The summed E-state index contributed by atoms with van der Waals surface area (Å²) >= 11 is 0. The maximum Gasteiger partial charge on any atom is 0.145 e.